The summed E-state index contributed by atoms with van der Waals surface area (Å²) < 4.78 is 10.5. The minimum atomic E-state index is -0.983. The van der Waals surface area contributed by atoms with Crippen molar-refractivity contribution in [1.82, 2.24) is 10.6 Å². The summed E-state index contributed by atoms with van der Waals surface area (Å²) in [5, 5.41) is 15.1. The lowest BCUT2D eigenvalue weighted by atomic mass is 9.98. The van der Waals surface area contributed by atoms with E-state index >= 15 is 0 Å². The molecular weight excluding hydrogens is 312 g/mol. The highest BCUT2D eigenvalue weighted by Gasteiger charge is 2.31. The molecule has 0 radical (unpaired) electrons. The Morgan fingerprint density at radius 3 is 2.50 bits per heavy atom. The van der Waals surface area contributed by atoms with Gasteiger partial charge in [-0.15, -0.1) is 0 Å². The number of carbonyl (C=O) groups excluding carboxylic acids is 2. The molecule has 0 aromatic rings. The Kier molecular flexibility index (Phi) is 7.30. The summed E-state index contributed by atoms with van der Waals surface area (Å²) in [6, 6.07) is -1.10. The van der Waals surface area contributed by atoms with Gasteiger partial charge in [-0.1, -0.05) is 20.3 Å². The molecule has 3 N–H and O–H groups in total. The second kappa shape index (κ2) is 9.22. The first-order valence-corrected chi connectivity index (χ1v) is 9.03. The Hall–Kier alpha value is -1.34. The molecule has 7 heteroatoms. The van der Waals surface area contributed by atoms with E-state index in [1.807, 2.05) is 13.8 Å². The van der Waals surface area contributed by atoms with Gasteiger partial charge in [-0.25, -0.2) is 4.79 Å². The second-order valence-corrected chi connectivity index (χ2v) is 7.16. The molecule has 2 fully saturated rings. The van der Waals surface area contributed by atoms with Gasteiger partial charge in [0.1, 0.15) is 12.1 Å². The summed E-state index contributed by atoms with van der Waals surface area (Å²) in [4.78, 5) is 24.6. The summed E-state index contributed by atoms with van der Waals surface area (Å²) in [7, 11) is 0. The zero-order valence-corrected chi connectivity index (χ0v) is 14.6. The standard InChI is InChI=1S/C17H30N2O5/c1-11(2)10-14(15(20)18-13-8-9-23-16(13)21)19-17(22)24-12-6-4-3-5-7-12/h11-14,16,21H,3-10H2,1-2H3,(H,18,20)(H,19,22)/t13-,14-,16?/m0/s1. The highest BCUT2D eigenvalue weighted by Crippen LogP contribution is 2.20. The van der Waals surface area contributed by atoms with Crippen LogP contribution in [0.2, 0.25) is 0 Å². The van der Waals surface area contributed by atoms with E-state index in [9.17, 15) is 14.7 Å². The molecule has 0 aromatic heterocycles. The molecule has 1 heterocycles. The van der Waals surface area contributed by atoms with Crippen molar-refractivity contribution in [3.05, 3.63) is 0 Å². The average Bonchev–Trinajstić information content (AvgIpc) is 2.92. The van der Waals surface area contributed by atoms with E-state index in [4.69, 9.17) is 9.47 Å². The van der Waals surface area contributed by atoms with Gasteiger partial charge in [-0.3, -0.25) is 4.79 Å². The lowest BCUT2D eigenvalue weighted by Gasteiger charge is -2.25. The van der Waals surface area contributed by atoms with Crippen molar-refractivity contribution in [1.29, 1.82) is 0 Å². The predicted molar refractivity (Wildman–Crippen MR) is 88.2 cm³/mol. The summed E-state index contributed by atoms with van der Waals surface area (Å²) >= 11 is 0. The van der Waals surface area contributed by atoms with Crippen molar-refractivity contribution in [3.8, 4) is 0 Å². The second-order valence-electron chi connectivity index (χ2n) is 7.16. The molecular formula is C17H30N2O5. The van der Waals surface area contributed by atoms with Crippen LogP contribution in [0.25, 0.3) is 0 Å². The van der Waals surface area contributed by atoms with Crippen LogP contribution in [0.15, 0.2) is 0 Å². The Bertz CT molecular complexity index is 423. The van der Waals surface area contributed by atoms with Crippen molar-refractivity contribution in [2.45, 2.75) is 83.3 Å². The van der Waals surface area contributed by atoms with Crippen molar-refractivity contribution in [2.75, 3.05) is 6.61 Å². The van der Waals surface area contributed by atoms with Gasteiger partial charge in [-0.2, -0.15) is 0 Å². The van der Waals surface area contributed by atoms with Crippen molar-refractivity contribution in [2.24, 2.45) is 5.92 Å². The largest absolute Gasteiger partial charge is 0.446 e. The molecule has 2 aliphatic rings. The van der Waals surface area contributed by atoms with Crippen LogP contribution in [0.5, 0.6) is 0 Å². The maximum Gasteiger partial charge on any atom is 0.408 e. The van der Waals surface area contributed by atoms with E-state index in [0.29, 0.717) is 19.4 Å². The van der Waals surface area contributed by atoms with Crippen LogP contribution in [-0.4, -0.2) is 48.2 Å². The fraction of sp³-hybridized carbons (Fsp3) is 0.882. The smallest absolute Gasteiger partial charge is 0.408 e. The van der Waals surface area contributed by atoms with Gasteiger partial charge < -0.3 is 25.2 Å². The molecule has 1 unspecified atom stereocenters. The third-order valence-corrected chi connectivity index (χ3v) is 4.53. The van der Waals surface area contributed by atoms with Gasteiger partial charge in [0.25, 0.3) is 0 Å². The number of carbonyl (C=O) groups is 2. The molecule has 0 aromatic carbocycles. The van der Waals surface area contributed by atoms with E-state index in [-0.39, 0.29) is 17.9 Å². The van der Waals surface area contributed by atoms with Gasteiger partial charge in [-0.05, 0) is 44.4 Å². The lowest BCUT2D eigenvalue weighted by Crippen LogP contribution is -2.52. The van der Waals surface area contributed by atoms with Crippen LogP contribution in [0, 0.1) is 5.92 Å². The number of aliphatic hydroxyl groups is 1. The molecule has 24 heavy (non-hydrogen) atoms. The summed E-state index contributed by atoms with van der Waals surface area (Å²) in [6.07, 6.45) is 4.62. The number of hydrogen-bond acceptors (Lipinski definition) is 5. The lowest BCUT2D eigenvalue weighted by molar-refractivity contribution is -0.127. The fourth-order valence-corrected chi connectivity index (χ4v) is 3.21. The van der Waals surface area contributed by atoms with Crippen LogP contribution >= 0.6 is 0 Å². The van der Waals surface area contributed by atoms with Crippen molar-refractivity contribution in [3.63, 3.8) is 0 Å². The van der Waals surface area contributed by atoms with Crippen molar-refractivity contribution < 1.29 is 24.2 Å². The molecule has 1 aliphatic heterocycles. The number of ether oxygens (including phenoxy) is 2. The fourth-order valence-electron chi connectivity index (χ4n) is 3.21. The number of amides is 2. The Balaban J connectivity index is 1.86. The van der Waals surface area contributed by atoms with Crippen LogP contribution < -0.4 is 10.6 Å². The summed E-state index contributed by atoms with van der Waals surface area (Å²) in [6.45, 7) is 4.39. The number of rotatable bonds is 6. The first kappa shape index (κ1) is 19.0. The molecule has 0 bridgehead atoms. The third-order valence-electron chi connectivity index (χ3n) is 4.53. The average molecular weight is 342 g/mol. The Labute approximate surface area is 143 Å². The molecule has 1 saturated heterocycles. The minimum Gasteiger partial charge on any atom is -0.446 e. The normalized spacial score (nSPS) is 26.2. The number of alkyl carbamates (subject to hydrolysis) is 1. The van der Waals surface area contributed by atoms with E-state index in [2.05, 4.69) is 10.6 Å². The van der Waals surface area contributed by atoms with Gasteiger partial charge in [0.15, 0.2) is 6.29 Å². The van der Waals surface area contributed by atoms with Gasteiger partial charge >= 0.3 is 6.09 Å². The predicted octanol–water partition coefficient (Wildman–Crippen LogP) is 1.68. The number of hydrogen-bond donors (Lipinski definition) is 3. The molecule has 1 saturated carbocycles. The molecule has 3 atom stereocenters. The van der Waals surface area contributed by atoms with Crippen LogP contribution in [0.4, 0.5) is 4.79 Å². The van der Waals surface area contributed by atoms with E-state index < -0.39 is 24.5 Å². The summed E-state index contributed by atoms with van der Waals surface area (Å²) in [5.74, 6) is -0.0701. The Morgan fingerprint density at radius 2 is 1.92 bits per heavy atom. The quantitative estimate of drug-likeness (QED) is 0.682. The van der Waals surface area contributed by atoms with E-state index in [0.717, 1.165) is 25.7 Å². The first-order chi connectivity index (χ1) is 11.5. The minimum absolute atomic E-state index is 0.0495. The van der Waals surface area contributed by atoms with Crippen LogP contribution in [0.3, 0.4) is 0 Å². The number of nitrogens with one attached hydrogen (secondary N) is 2. The van der Waals surface area contributed by atoms with E-state index in [1.54, 1.807) is 0 Å². The number of aliphatic hydroxyl groups excluding tert-OH is 1. The molecule has 7 nitrogen and oxygen atoms in total. The SMILES string of the molecule is CC(C)C[C@H](NC(=O)OC1CCCCC1)C(=O)N[C@H]1CCOC1O. The van der Waals surface area contributed by atoms with Gasteiger partial charge in [0, 0.05) is 0 Å². The maximum absolute atomic E-state index is 12.5. The van der Waals surface area contributed by atoms with Crippen molar-refractivity contribution >= 4 is 12.0 Å². The first-order valence-electron chi connectivity index (χ1n) is 9.03. The zero-order valence-electron chi connectivity index (χ0n) is 14.6. The van der Waals surface area contributed by atoms with Gasteiger partial charge in [0.05, 0.1) is 12.6 Å². The molecule has 2 rings (SSSR count). The topological polar surface area (TPSA) is 96.9 Å². The monoisotopic (exact) mass is 342 g/mol. The molecule has 138 valence electrons. The maximum atomic E-state index is 12.5. The summed E-state index contributed by atoms with van der Waals surface area (Å²) in [5.41, 5.74) is 0. The van der Waals surface area contributed by atoms with Crippen LogP contribution in [0.1, 0.15) is 58.8 Å². The Morgan fingerprint density at radius 1 is 1.21 bits per heavy atom. The molecule has 2 amide bonds. The third kappa shape index (κ3) is 5.94. The zero-order chi connectivity index (χ0) is 17.5. The molecule has 0 spiro atoms. The van der Waals surface area contributed by atoms with Gasteiger partial charge in [0.2, 0.25) is 5.91 Å². The molecule has 1 aliphatic carbocycles. The van der Waals surface area contributed by atoms with Crippen LogP contribution in [-0.2, 0) is 14.3 Å². The van der Waals surface area contributed by atoms with E-state index in [1.165, 1.54) is 6.42 Å². The highest BCUT2D eigenvalue weighted by molar-refractivity contribution is 5.85. The highest BCUT2D eigenvalue weighted by atomic mass is 16.6.